The predicted octanol–water partition coefficient (Wildman–Crippen LogP) is 1.35. The Morgan fingerprint density at radius 1 is 1.80 bits per heavy atom. The lowest BCUT2D eigenvalue weighted by molar-refractivity contribution is -0.147. The molecule has 0 N–H and O–H groups in total. The number of carbonyl (C=O) groups excluding carboxylic acids is 1. The van der Waals surface area contributed by atoms with Crippen LogP contribution in [0, 0.1) is 0 Å². The van der Waals surface area contributed by atoms with Crippen molar-refractivity contribution in [2.24, 2.45) is 0 Å². The van der Waals surface area contributed by atoms with Gasteiger partial charge < -0.3 is 4.74 Å². The molecule has 0 amide bonds. The quantitative estimate of drug-likeness (QED) is 0.555. The summed E-state index contributed by atoms with van der Waals surface area (Å²) in [5.74, 6) is -3.30. The minimum atomic E-state index is -2.75. The van der Waals surface area contributed by atoms with Crippen molar-refractivity contribution >= 4 is 5.97 Å². The van der Waals surface area contributed by atoms with Gasteiger partial charge in [0.25, 0.3) is 5.92 Å². The highest BCUT2D eigenvalue weighted by Crippen LogP contribution is 2.44. The molecule has 1 unspecified atom stereocenters. The van der Waals surface area contributed by atoms with Gasteiger partial charge in [-0.3, -0.25) is 4.79 Å². The number of carbonyl (C=O) groups is 1. The summed E-state index contributed by atoms with van der Waals surface area (Å²) in [5.41, 5.74) is 0. The first-order valence-corrected chi connectivity index (χ1v) is 3.13. The predicted molar refractivity (Wildman–Crippen MR) is 29.7 cm³/mol. The summed E-state index contributed by atoms with van der Waals surface area (Å²) in [6, 6.07) is 0. The molecule has 1 aliphatic carbocycles. The van der Waals surface area contributed by atoms with Gasteiger partial charge in [0.1, 0.15) is 0 Å². The maximum atomic E-state index is 12.0. The van der Waals surface area contributed by atoms with E-state index in [-0.39, 0.29) is 12.8 Å². The number of hydrogen-bond donors (Lipinski definition) is 0. The lowest BCUT2D eigenvalue weighted by Gasteiger charge is -1.99. The summed E-state index contributed by atoms with van der Waals surface area (Å²) in [4.78, 5) is 10.4. The lowest BCUT2D eigenvalue weighted by atomic mass is 10.5. The molecule has 0 spiro atoms. The van der Waals surface area contributed by atoms with Crippen LogP contribution < -0.4 is 0 Å². The molecule has 0 aromatic carbocycles. The molecule has 0 saturated heterocycles. The first-order chi connectivity index (χ1) is 4.56. The SMILES string of the molecule is CCC(=O)OC1CC1(F)F. The van der Waals surface area contributed by atoms with Crippen LogP contribution in [0.15, 0.2) is 0 Å². The molecular weight excluding hydrogens is 142 g/mol. The van der Waals surface area contributed by atoms with E-state index in [2.05, 4.69) is 4.74 Å². The van der Waals surface area contributed by atoms with Gasteiger partial charge in [0.2, 0.25) is 0 Å². The van der Waals surface area contributed by atoms with Crippen molar-refractivity contribution < 1.29 is 18.3 Å². The summed E-state index contributed by atoms with van der Waals surface area (Å²) in [5, 5.41) is 0. The van der Waals surface area contributed by atoms with Crippen LogP contribution in [0.1, 0.15) is 19.8 Å². The minimum absolute atomic E-state index is 0.159. The second-order valence-corrected chi connectivity index (χ2v) is 2.30. The molecule has 1 rings (SSSR count). The Balaban J connectivity index is 2.24. The van der Waals surface area contributed by atoms with E-state index < -0.39 is 18.0 Å². The number of hydrogen-bond acceptors (Lipinski definition) is 2. The van der Waals surface area contributed by atoms with Crippen molar-refractivity contribution in [2.45, 2.75) is 31.8 Å². The highest BCUT2D eigenvalue weighted by Gasteiger charge is 2.60. The van der Waals surface area contributed by atoms with E-state index >= 15 is 0 Å². The maximum Gasteiger partial charge on any atom is 0.305 e. The molecule has 10 heavy (non-hydrogen) atoms. The molecule has 0 aromatic heterocycles. The van der Waals surface area contributed by atoms with E-state index in [1.165, 1.54) is 0 Å². The first-order valence-electron chi connectivity index (χ1n) is 3.13. The van der Waals surface area contributed by atoms with Gasteiger partial charge in [0.05, 0.1) is 6.42 Å². The maximum absolute atomic E-state index is 12.0. The Hall–Kier alpha value is -0.670. The van der Waals surface area contributed by atoms with Gasteiger partial charge in [-0.1, -0.05) is 6.92 Å². The Labute approximate surface area is 57.2 Å². The van der Waals surface area contributed by atoms with Gasteiger partial charge in [-0.05, 0) is 0 Å². The molecule has 58 valence electrons. The van der Waals surface area contributed by atoms with Crippen LogP contribution >= 0.6 is 0 Å². The summed E-state index contributed by atoms with van der Waals surface area (Å²) < 4.78 is 28.4. The summed E-state index contributed by atoms with van der Waals surface area (Å²) in [6.07, 6.45) is -1.29. The summed E-state index contributed by atoms with van der Waals surface area (Å²) >= 11 is 0. The number of ether oxygens (including phenoxy) is 1. The van der Waals surface area contributed by atoms with Crippen LogP contribution in [0.4, 0.5) is 8.78 Å². The fourth-order valence-electron chi connectivity index (χ4n) is 0.558. The molecule has 1 saturated carbocycles. The van der Waals surface area contributed by atoms with Gasteiger partial charge in [-0.15, -0.1) is 0 Å². The first kappa shape index (κ1) is 7.44. The van der Waals surface area contributed by atoms with Crippen LogP contribution in [0.2, 0.25) is 0 Å². The highest BCUT2D eigenvalue weighted by molar-refractivity contribution is 5.69. The van der Waals surface area contributed by atoms with E-state index in [0.29, 0.717) is 0 Å². The van der Waals surface area contributed by atoms with Gasteiger partial charge in [-0.2, -0.15) is 0 Å². The normalized spacial score (nSPS) is 27.7. The van der Waals surface area contributed by atoms with Crippen LogP contribution in [0.5, 0.6) is 0 Å². The summed E-state index contributed by atoms with van der Waals surface area (Å²) in [7, 11) is 0. The Morgan fingerprint density at radius 2 is 2.30 bits per heavy atom. The average molecular weight is 150 g/mol. The fourth-order valence-corrected chi connectivity index (χ4v) is 0.558. The molecule has 2 nitrogen and oxygen atoms in total. The monoisotopic (exact) mass is 150 g/mol. The second kappa shape index (κ2) is 2.18. The molecule has 0 aliphatic heterocycles. The number of esters is 1. The van der Waals surface area contributed by atoms with Gasteiger partial charge >= 0.3 is 5.97 Å². The zero-order valence-corrected chi connectivity index (χ0v) is 5.56. The molecule has 0 aromatic rings. The van der Waals surface area contributed by atoms with E-state index in [1.54, 1.807) is 6.92 Å². The minimum Gasteiger partial charge on any atom is -0.456 e. The lowest BCUT2D eigenvalue weighted by Crippen LogP contribution is -2.09. The van der Waals surface area contributed by atoms with Gasteiger partial charge in [0, 0.05) is 6.42 Å². The van der Waals surface area contributed by atoms with Crippen molar-refractivity contribution in [2.75, 3.05) is 0 Å². The third-order valence-electron chi connectivity index (χ3n) is 1.33. The number of rotatable bonds is 2. The average Bonchev–Trinajstić information content (AvgIpc) is 2.40. The van der Waals surface area contributed by atoms with E-state index in [9.17, 15) is 13.6 Å². The molecule has 0 radical (unpaired) electrons. The Kier molecular flexibility index (Phi) is 1.62. The Morgan fingerprint density at radius 3 is 2.60 bits per heavy atom. The molecule has 0 heterocycles. The number of alkyl halides is 2. The zero-order chi connectivity index (χ0) is 7.78. The molecular formula is C6H8F2O2. The smallest absolute Gasteiger partial charge is 0.305 e. The summed E-state index contributed by atoms with van der Waals surface area (Å²) in [6.45, 7) is 1.57. The van der Waals surface area contributed by atoms with Crippen LogP contribution in [0.25, 0.3) is 0 Å². The Bertz CT molecular complexity index is 156. The van der Waals surface area contributed by atoms with Crippen LogP contribution in [-0.4, -0.2) is 18.0 Å². The van der Waals surface area contributed by atoms with E-state index in [1.807, 2.05) is 0 Å². The standard InChI is InChI=1S/C6H8F2O2/c1-2-5(9)10-4-3-6(4,7)8/h4H,2-3H2,1H3. The third-order valence-corrected chi connectivity index (χ3v) is 1.33. The van der Waals surface area contributed by atoms with Gasteiger partial charge in [0.15, 0.2) is 6.10 Å². The van der Waals surface area contributed by atoms with Crippen LogP contribution in [0.3, 0.4) is 0 Å². The van der Waals surface area contributed by atoms with E-state index in [4.69, 9.17) is 0 Å². The highest BCUT2D eigenvalue weighted by atomic mass is 19.3. The topological polar surface area (TPSA) is 26.3 Å². The molecule has 0 bridgehead atoms. The van der Waals surface area contributed by atoms with Crippen molar-refractivity contribution in [1.29, 1.82) is 0 Å². The third kappa shape index (κ3) is 1.43. The van der Waals surface area contributed by atoms with Crippen molar-refractivity contribution in [3.05, 3.63) is 0 Å². The largest absolute Gasteiger partial charge is 0.456 e. The molecule has 1 fully saturated rings. The second-order valence-electron chi connectivity index (χ2n) is 2.30. The fraction of sp³-hybridized carbons (Fsp3) is 0.833. The molecule has 1 atom stereocenters. The van der Waals surface area contributed by atoms with Crippen molar-refractivity contribution in [3.8, 4) is 0 Å². The van der Waals surface area contributed by atoms with E-state index in [0.717, 1.165) is 0 Å². The molecule has 1 aliphatic rings. The van der Waals surface area contributed by atoms with Gasteiger partial charge in [-0.25, -0.2) is 8.78 Å². The van der Waals surface area contributed by atoms with Crippen LogP contribution in [-0.2, 0) is 9.53 Å². The number of halogens is 2. The molecule has 4 heteroatoms. The zero-order valence-electron chi connectivity index (χ0n) is 5.56. The van der Waals surface area contributed by atoms with Crippen molar-refractivity contribution in [3.63, 3.8) is 0 Å². The van der Waals surface area contributed by atoms with Crippen molar-refractivity contribution in [1.82, 2.24) is 0 Å².